The van der Waals surface area contributed by atoms with Gasteiger partial charge in [0.25, 0.3) is 5.69 Å². The molecule has 0 aliphatic heterocycles. The highest BCUT2D eigenvalue weighted by molar-refractivity contribution is 5.93. The number of hydrogen-bond donors (Lipinski definition) is 2. The van der Waals surface area contributed by atoms with Gasteiger partial charge < -0.3 is 20.1 Å². The minimum Gasteiger partial charge on any atom is -0.494 e. The molecule has 0 saturated carbocycles. The number of ether oxygens (including phenoxy) is 1. The molecule has 2 N–H and O–H groups in total. The summed E-state index contributed by atoms with van der Waals surface area (Å²) in [7, 11) is 1.38. The number of benzene rings is 2. The number of nitrogens with one attached hydrogen (secondary N) is 1. The van der Waals surface area contributed by atoms with E-state index in [2.05, 4.69) is 15.5 Å². The van der Waals surface area contributed by atoms with Crippen LogP contribution in [0, 0.1) is 10.1 Å². The molecule has 2 aromatic carbocycles. The molecule has 10 nitrogen and oxygen atoms in total. The van der Waals surface area contributed by atoms with Gasteiger partial charge in [-0.2, -0.15) is 0 Å². The highest BCUT2D eigenvalue weighted by Crippen LogP contribution is 2.35. The number of methoxy groups -OCH3 is 1. The van der Waals surface area contributed by atoms with Crippen molar-refractivity contribution in [1.29, 1.82) is 0 Å². The van der Waals surface area contributed by atoms with Gasteiger partial charge in [-0.25, -0.2) is 0 Å². The van der Waals surface area contributed by atoms with Crippen LogP contribution in [0.15, 0.2) is 46.6 Å². The predicted molar refractivity (Wildman–Crippen MR) is 109 cm³/mol. The number of aliphatic hydroxyl groups excluding tert-OH is 1. The molecule has 2 rings (SSSR count). The maximum atomic E-state index is 11.6. The topological polar surface area (TPSA) is 130 Å². The van der Waals surface area contributed by atoms with Gasteiger partial charge in [-0.05, 0) is 38.1 Å². The number of aliphatic hydroxyl groups is 1. The summed E-state index contributed by atoms with van der Waals surface area (Å²) in [5.41, 5.74) is 1.68. The van der Waals surface area contributed by atoms with E-state index in [-0.39, 0.29) is 17.3 Å². The van der Waals surface area contributed by atoms with E-state index in [9.17, 15) is 20.0 Å². The van der Waals surface area contributed by atoms with Crippen LogP contribution >= 0.6 is 0 Å². The van der Waals surface area contributed by atoms with Crippen molar-refractivity contribution in [3.63, 3.8) is 0 Å². The first-order valence-electron chi connectivity index (χ1n) is 8.87. The summed E-state index contributed by atoms with van der Waals surface area (Å²) >= 11 is 0. The van der Waals surface area contributed by atoms with E-state index < -0.39 is 11.2 Å². The highest BCUT2D eigenvalue weighted by Gasteiger charge is 2.14. The summed E-state index contributed by atoms with van der Waals surface area (Å²) in [4.78, 5) is 23.7. The van der Waals surface area contributed by atoms with Crippen molar-refractivity contribution in [2.24, 2.45) is 10.2 Å². The van der Waals surface area contributed by atoms with E-state index in [1.165, 1.54) is 32.2 Å². The Bertz CT molecular complexity index is 929. The first kappa shape index (κ1) is 21.8. The molecule has 1 atom stereocenters. The second kappa shape index (κ2) is 9.60. The quantitative estimate of drug-likeness (QED) is 0.296. The second-order valence-electron chi connectivity index (χ2n) is 6.11. The van der Waals surface area contributed by atoms with Gasteiger partial charge in [-0.15, -0.1) is 10.2 Å². The zero-order valence-electron chi connectivity index (χ0n) is 16.6. The van der Waals surface area contributed by atoms with Crippen molar-refractivity contribution >= 4 is 34.3 Å². The van der Waals surface area contributed by atoms with Crippen LogP contribution < -0.4 is 15.0 Å². The molecule has 0 aliphatic carbocycles. The van der Waals surface area contributed by atoms with E-state index in [4.69, 9.17) is 4.74 Å². The summed E-state index contributed by atoms with van der Waals surface area (Å²) in [5, 5.41) is 31.8. The Labute approximate surface area is 168 Å². The lowest BCUT2D eigenvalue weighted by atomic mass is 10.2. The van der Waals surface area contributed by atoms with Crippen LogP contribution in [0.3, 0.4) is 0 Å². The number of nitro groups is 1. The fourth-order valence-corrected chi connectivity index (χ4v) is 2.71. The third-order valence-electron chi connectivity index (χ3n) is 4.05. The molecule has 29 heavy (non-hydrogen) atoms. The fourth-order valence-electron chi connectivity index (χ4n) is 2.71. The summed E-state index contributed by atoms with van der Waals surface area (Å²) < 4.78 is 5.15. The zero-order valence-corrected chi connectivity index (χ0v) is 16.6. The molecule has 0 spiro atoms. The lowest BCUT2D eigenvalue weighted by molar-refractivity contribution is -0.384. The minimum absolute atomic E-state index is 0.123. The van der Waals surface area contributed by atoms with E-state index in [0.717, 1.165) is 0 Å². The van der Waals surface area contributed by atoms with Crippen LogP contribution in [0.5, 0.6) is 5.75 Å². The maximum absolute atomic E-state index is 11.6. The molecule has 10 heteroatoms. The maximum Gasteiger partial charge on any atom is 0.273 e. The van der Waals surface area contributed by atoms with Crippen molar-refractivity contribution < 1.29 is 19.6 Å². The van der Waals surface area contributed by atoms with Crippen molar-refractivity contribution in [3.8, 4) is 5.75 Å². The molecular weight excluding hydrogens is 378 g/mol. The van der Waals surface area contributed by atoms with Crippen molar-refractivity contribution in [2.75, 3.05) is 23.9 Å². The number of carbonyl (C=O) groups excluding carboxylic acids is 1. The molecular formula is C19H23N5O5. The number of rotatable bonds is 8. The molecule has 0 aliphatic rings. The third-order valence-corrected chi connectivity index (χ3v) is 4.05. The van der Waals surface area contributed by atoms with Gasteiger partial charge in [0.1, 0.15) is 17.6 Å². The molecule has 154 valence electrons. The molecule has 0 heterocycles. The van der Waals surface area contributed by atoms with Crippen molar-refractivity contribution in [1.82, 2.24) is 0 Å². The molecule has 0 bridgehead atoms. The van der Waals surface area contributed by atoms with Gasteiger partial charge in [0.2, 0.25) is 5.91 Å². The van der Waals surface area contributed by atoms with Crippen LogP contribution in [-0.2, 0) is 4.79 Å². The Morgan fingerprint density at radius 2 is 1.93 bits per heavy atom. The SMILES string of the molecule is CCN(c1ccc(/N=N/c2ccc([N+](=O)[O-])cc2OC)c(NC(C)=O)c1)C(C)O. The Morgan fingerprint density at radius 1 is 1.28 bits per heavy atom. The summed E-state index contributed by atoms with van der Waals surface area (Å²) in [6.45, 7) is 5.49. The van der Waals surface area contributed by atoms with Gasteiger partial charge in [-0.3, -0.25) is 14.9 Å². The average Bonchev–Trinajstić information content (AvgIpc) is 2.67. The number of non-ortho nitro benzene ring substituents is 1. The van der Waals surface area contributed by atoms with Crippen LogP contribution in [0.25, 0.3) is 0 Å². The van der Waals surface area contributed by atoms with E-state index in [1.54, 1.807) is 30.0 Å². The lowest BCUT2D eigenvalue weighted by Gasteiger charge is -2.26. The van der Waals surface area contributed by atoms with E-state index in [0.29, 0.717) is 29.3 Å². The monoisotopic (exact) mass is 401 g/mol. The molecule has 0 aromatic heterocycles. The molecule has 0 fully saturated rings. The number of nitro benzene ring substituents is 1. The van der Waals surface area contributed by atoms with Crippen LogP contribution in [0.4, 0.5) is 28.4 Å². The Hall–Kier alpha value is -3.53. The average molecular weight is 401 g/mol. The number of nitrogens with zero attached hydrogens (tertiary/aromatic N) is 4. The van der Waals surface area contributed by atoms with Crippen LogP contribution in [-0.4, -0.2) is 35.8 Å². The molecule has 0 saturated heterocycles. The summed E-state index contributed by atoms with van der Waals surface area (Å²) in [6, 6.07) is 9.10. The largest absolute Gasteiger partial charge is 0.494 e. The van der Waals surface area contributed by atoms with E-state index in [1.807, 2.05) is 6.92 Å². The number of anilines is 2. The first-order chi connectivity index (χ1) is 13.8. The molecule has 1 unspecified atom stereocenters. The fraction of sp³-hybridized carbons (Fsp3) is 0.316. The van der Waals surface area contributed by atoms with Gasteiger partial charge in [0.05, 0.1) is 23.8 Å². The third kappa shape index (κ3) is 5.48. The Morgan fingerprint density at radius 3 is 2.48 bits per heavy atom. The van der Waals surface area contributed by atoms with Crippen molar-refractivity contribution in [3.05, 3.63) is 46.5 Å². The number of hydrogen-bond acceptors (Lipinski definition) is 8. The normalized spacial score (nSPS) is 11.9. The van der Waals surface area contributed by atoms with Gasteiger partial charge in [-0.1, -0.05) is 0 Å². The van der Waals surface area contributed by atoms with Crippen molar-refractivity contribution in [2.45, 2.75) is 27.0 Å². The summed E-state index contributed by atoms with van der Waals surface area (Å²) in [5.74, 6) is -0.0847. The zero-order chi connectivity index (χ0) is 21.6. The van der Waals surface area contributed by atoms with Gasteiger partial charge in [0.15, 0.2) is 5.75 Å². The molecule has 1 amide bonds. The lowest BCUT2D eigenvalue weighted by Crippen LogP contribution is -2.32. The van der Waals surface area contributed by atoms with Gasteiger partial charge in [0, 0.05) is 25.2 Å². The number of azo groups is 1. The first-order valence-corrected chi connectivity index (χ1v) is 8.87. The molecule has 2 aromatic rings. The van der Waals surface area contributed by atoms with Crippen LogP contribution in [0.1, 0.15) is 20.8 Å². The van der Waals surface area contributed by atoms with E-state index >= 15 is 0 Å². The minimum atomic E-state index is -0.706. The highest BCUT2D eigenvalue weighted by atomic mass is 16.6. The Kier molecular flexibility index (Phi) is 7.21. The predicted octanol–water partition coefficient (Wildman–Crippen LogP) is 4.14. The second-order valence-corrected chi connectivity index (χ2v) is 6.11. The summed E-state index contributed by atoms with van der Waals surface area (Å²) in [6.07, 6.45) is -0.706. The molecule has 0 radical (unpaired) electrons. The number of carbonyl (C=O) groups is 1. The smallest absolute Gasteiger partial charge is 0.273 e. The van der Waals surface area contributed by atoms with Gasteiger partial charge >= 0.3 is 0 Å². The Balaban J connectivity index is 2.43. The standard InChI is InChI=1S/C19H23N5O5/c1-5-23(13(3)26)14-6-8-16(18(10-14)20-12(2)25)21-22-17-9-7-15(24(27)28)11-19(17)29-4/h6-11,13,26H,5H2,1-4H3,(H,20,25)/b22-21+. The number of amides is 1. The van der Waals surface area contributed by atoms with Crippen LogP contribution in [0.2, 0.25) is 0 Å².